The van der Waals surface area contributed by atoms with Gasteiger partial charge < -0.3 is 4.42 Å². The summed E-state index contributed by atoms with van der Waals surface area (Å²) < 4.78 is 32.8. The molecule has 2 heterocycles. The van der Waals surface area contributed by atoms with Crippen LogP contribution >= 0.6 is 0 Å². The van der Waals surface area contributed by atoms with E-state index in [0.717, 1.165) is 11.1 Å². The molecular formula is C17H17N3O3S. The molecule has 0 amide bonds. The highest BCUT2D eigenvalue weighted by atomic mass is 32.2. The Kier molecular flexibility index (Phi) is 4.46. The van der Waals surface area contributed by atoms with Gasteiger partial charge in [-0.2, -0.15) is 0 Å². The Bertz CT molecular complexity index is 919. The summed E-state index contributed by atoms with van der Waals surface area (Å²) in [5, 5.41) is 0. The minimum Gasteiger partial charge on any atom is -0.449 e. The lowest BCUT2D eigenvalue weighted by molar-refractivity contribution is 0.521. The molecule has 0 aliphatic rings. The van der Waals surface area contributed by atoms with Crippen LogP contribution in [0.1, 0.15) is 24.4 Å². The first-order valence-electron chi connectivity index (χ1n) is 7.40. The number of hydrogen-bond donors (Lipinski definition) is 1. The largest absolute Gasteiger partial charge is 0.449 e. The third-order valence-electron chi connectivity index (χ3n) is 3.60. The van der Waals surface area contributed by atoms with Crippen molar-refractivity contribution in [1.82, 2.24) is 14.7 Å². The summed E-state index contributed by atoms with van der Waals surface area (Å²) in [4.78, 5) is 8.42. The molecule has 1 atom stereocenters. The van der Waals surface area contributed by atoms with E-state index in [1.807, 2.05) is 6.07 Å². The fraction of sp³-hybridized carbons (Fsp3) is 0.176. The van der Waals surface area contributed by atoms with E-state index >= 15 is 0 Å². The van der Waals surface area contributed by atoms with Crippen LogP contribution in [0.15, 0.2) is 64.4 Å². The van der Waals surface area contributed by atoms with Crippen molar-refractivity contribution in [2.45, 2.75) is 24.8 Å². The molecular weight excluding hydrogens is 326 g/mol. The molecule has 1 aromatic carbocycles. The Labute approximate surface area is 140 Å². The number of benzene rings is 1. The van der Waals surface area contributed by atoms with Crippen LogP contribution in [0.2, 0.25) is 0 Å². The van der Waals surface area contributed by atoms with Gasteiger partial charge in [0.1, 0.15) is 12.0 Å². The van der Waals surface area contributed by atoms with E-state index in [0.29, 0.717) is 11.6 Å². The van der Waals surface area contributed by atoms with Gasteiger partial charge in [0, 0.05) is 30.9 Å². The molecule has 24 heavy (non-hydrogen) atoms. The van der Waals surface area contributed by atoms with Crippen LogP contribution in [0.4, 0.5) is 0 Å². The molecule has 0 unspecified atom stereocenters. The fourth-order valence-corrected chi connectivity index (χ4v) is 3.53. The van der Waals surface area contributed by atoms with Crippen molar-refractivity contribution < 1.29 is 12.8 Å². The zero-order valence-corrected chi connectivity index (χ0v) is 14.1. The first-order valence-corrected chi connectivity index (χ1v) is 8.89. The molecule has 1 N–H and O–H groups in total. The van der Waals surface area contributed by atoms with Gasteiger partial charge in [-0.3, -0.25) is 4.98 Å². The van der Waals surface area contributed by atoms with Crippen molar-refractivity contribution in [1.29, 1.82) is 0 Å². The average Bonchev–Trinajstić information content (AvgIpc) is 3.02. The van der Waals surface area contributed by atoms with E-state index in [1.54, 1.807) is 62.8 Å². The predicted molar refractivity (Wildman–Crippen MR) is 89.6 cm³/mol. The fourth-order valence-electron chi connectivity index (χ4n) is 2.30. The second-order valence-electron chi connectivity index (χ2n) is 5.41. The SMILES string of the molecule is Cc1nc(-c2ccc(S(=O)(=O)N[C@H](C)c3cccnc3)cc2)co1. The number of oxazole rings is 1. The Morgan fingerprint density at radius 1 is 1.17 bits per heavy atom. The topological polar surface area (TPSA) is 85.1 Å². The summed E-state index contributed by atoms with van der Waals surface area (Å²) in [5.41, 5.74) is 2.27. The van der Waals surface area contributed by atoms with E-state index in [4.69, 9.17) is 4.42 Å². The zero-order chi connectivity index (χ0) is 17.2. The van der Waals surface area contributed by atoms with Crippen LogP contribution in [-0.4, -0.2) is 18.4 Å². The van der Waals surface area contributed by atoms with Crippen molar-refractivity contribution in [2.75, 3.05) is 0 Å². The maximum Gasteiger partial charge on any atom is 0.241 e. The molecule has 3 aromatic rings. The molecule has 3 rings (SSSR count). The van der Waals surface area contributed by atoms with Crippen LogP contribution in [0, 0.1) is 6.92 Å². The smallest absolute Gasteiger partial charge is 0.241 e. The molecule has 0 bridgehead atoms. The van der Waals surface area contributed by atoms with Gasteiger partial charge in [-0.15, -0.1) is 0 Å². The molecule has 0 spiro atoms. The van der Waals surface area contributed by atoms with Gasteiger partial charge in [0.25, 0.3) is 0 Å². The van der Waals surface area contributed by atoms with Crippen molar-refractivity contribution >= 4 is 10.0 Å². The molecule has 0 saturated heterocycles. The first-order chi connectivity index (χ1) is 11.5. The van der Waals surface area contributed by atoms with Crippen molar-refractivity contribution in [3.05, 3.63) is 66.5 Å². The maximum absolute atomic E-state index is 12.5. The molecule has 0 aliphatic carbocycles. The maximum atomic E-state index is 12.5. The van der Waals surface area contributed by atoms with E-state index in [9.17, 15) is 8.42 Å². The van der Waals surface area contributed by atoms with Crippen molar-refractivity contribution in [2.24, 2.45) is 0 Å². The van der Waals surface area contributed by atoms with Gasteiger partial charge in [0.2, 0.25) is 10.0 Å². The summed E-state index contributed by atoms with van der Waals surface area (Å²) in [6.07, 6.45) is 4.83. The van der Waals surface area contributed by atoms with E-state index in [1.165, 1.54) is 0 Å². The highest BCUT2D eigenvalue weighted by Crippen LogP contribution is 2.22. The van der Waals surface area contributed by atoms with Gasteiger partial charge in [-0.05, 0) is 30.7 Å². The van der Waals surface area contributed by atoms with Gasteiger partial charge in [-0.1, -0.05) is 18.2 Å². The summed E-state index contributed by atoms with van der Waals surface area (Å²) in [7, 11) is -3.62. The normalized spacial score (nSPS) is 12.9. The first kappa shape index (κ1) is 16.4. The lowest BCUT2D eigenvalue weighted by Crippen LogP contribution is -2.26. The van der Waals surface area contributed by atoms with Gasteiger partial charge in [0.15, 0.2) is 5.89 Å². The lowest BCUT2D eigenvalue weighted by atomic mass is 10.2. The molecule has 0 radical (unpaired) electrons. The predicted octanol–water partition coefficient (Wildman–Crippen LogP) is 3.08. The number of sulfonamides is 1. The highest BCUT2D eigenvalue weighted by Gasteiger charge is 2.18. The van der Waals surface area contributed by atoms with Crippen LogP contribution in [-0.2, 0) is 10.0 Å². The van der Waals surface area contributed by atoms with Crippen LogP contribution in [0.3, 0.4) is 0 Å². The number of rotatable bonds is 5. The second kappa shape index (κ2) is 6.54. The van der Waals surface area contributed by atoms with Crippen LogP contribution in [0.5, 0.6) is 0 Å². The molecule has 7 heteroatoms. The minimum atomic E-state index is -3.62. The zero-order valence-electron chi connectivity index (χ0n) is 13.3. The van der Waals surface area contributed by atoms with Gasteiger partial charge >= 0.3 is 0 Å². The molecule has 0 fully saturated rings. The quantitative estimate of drug-likeness (QED) is 0.769. The summed E-state index contributed by atoms with van der Waals surface area (Å²) in [6, 6.07) is 9.75. The number of hydrogen-bond acceptors (Lipinski definition) is 5. The number of nitrogens with zero attached hydrogens (tertiary/aromatic N) is 2. The standard InChI is InChI=1S/C17H17N3O3S/c1-12(15-4-3-9-18-10-15)20-24(21,22)16-7-5-14(6-8-16)17-11-23-13(2)19-17/h3-12,20H,1-2H3/t12-/m1/s1. The summed E-state index contributed by atoms with van der Waals surface area (Å²) in [6.45, 7) is 3.53. The second-order valence-corrected chi connectivity index (χ2v) is 7.12. The highest BCUT2D eigenvalue weighted by molar-refractivity contribution is 7.89. The van der Waals surface area contributed by atoms with Gasteiger partial charge in [0.05, 0.1) is 4.90 Å². The van der Waals surface area contributed by atoms with E-state index in [2.05, 4.69) is 14.7 Å². The Morgan fingerprint density at radius 2 is 1.92 bits per heavy atom. The minimum absolute atomic E-state index is 0.196. The van der Waals surface area contributed by atoms with Crippen molar-refractivity contribution in [3.8, 4) is 11.3 Å². The average molecular weight is 343 g/mol. The molecule has 0 saturated carbocycles. The Morgan fingerprint density at radius 3 is 2.50 bits per heavy atom. The Balaban J connectivity index is 1.80. The molecule has 2 aromatic heterocycles. The van der Waals surface area contributed by atoms with E-state index in [-0.39, 0.29) is 10.9 Å². The monoisotopic (exact) mass is 343 g/mol. The number of aromatic nitrogens is 2. The molecule has 124 valence electrons. The third-order valence-corrected chi connectivity index (χ3v) is 5.15. The number of nitrogens with one attached hydrogen (secondary N) is 1. The summed E-state index contributed by atoms with van der Waals surface area (Å²) >= 11 is 0. The molecule has 0 aliphatic heterocycles. The molecule has 6 nitrogen and oxygen atoms in total. The lowest BCUT2D eigenvalue weighted by Gasteiger charge is -2.14. The third kappa shape index (κ3) is 3.52. The Hall–Kier alpha value is -2.51. The van der Waals surface area contributed by atoms with Crippen LogP contribution < -0.4 is 4.72 Å². The summed E-state index contributed by atoms with van der Waals surface area (Å²) in [5.74, 6) is 0.564. The van der Waals surface area contributed by atoms with Crippen molar-refractivity contribution in [3.63, 3.8) is 0 Å². The van der Waals surface area contributed by atoms with Gasteiger partial charge in [-0.25, -0.2) is 18.1 Å². The number of aryl methyl sites for hydroxylation is 1. The number of pyridine rings is 1. The van der Waals surface area contributed by atoms with Crippen LogP contribution in [0.25, 0.3) is 11.3 Å². The van der Waals surface area contributed by atoms with E-state index < -0.39 is 10.0 Å².